The van der Waals surface area contributed by atoms with Crippen molar-refractivity contribution in [3.8, 4) is 5.75 Å². The summed E-state index contributed by atoms with van der Waals surface area (Å²) in [6, 6.07) is 7.97. The van der Waals surface area contributed by atoms with Crippen LogP contribution in [0.5, 0.6) is 5.75 Å². The average molecular weight is 305 g/mol. The van der Waals surface area contributed by atoms with Gasteiger partial charge in [-0.1, -0.05) is 39.0 Å². The van der Waals surface area contributed by atoms with Crippen LogP contribution in [0.1, 0.15) is 38.7 Å². The number of para-hydroxylation sites is 1. The van der Waals surface area contributed by atoms with Gasteiger partial charge in [0.15, 0.2) is 6.61 Å². The zero-order valence-electron chi connectivity index (χ0n) is 14.1. The van der Waals surface area contributed by atoms with Crippen LogP contribution in [0.3, 0.4) is 0 Å². The van der Waals surface area contributed by atoms with Crippen molar-refractivity contribution in [2.75, 3.05) is 33.4 Å². The molecule has 1 aromatic carbocycles. The van der Waals surface area contributed by atoms with Crippen LogP contribution in [0.4, 0.5) is 0 Å². The summed E-state index contributed by atoms with van der Waals surface area (Å²) in [7, 11) is 1.83. The number of rotatable bonds is 7. The Hall–Kier alpha value is -1.55. The molecule has 22 heavy (non-hydrogen) atoms. The molecule has 1 heterocycles. The van der Waals surface area contributed by atoms with Gasteiger partial charge in [0.25, 0.3) is 5.91 Å². The topological polar surface area (TPSA) is 38.8 Å². The summed E-state index contributed by atoms with van der Waals surface area (Å²) >= 11 is 0. The molecule has 0 unspecified atom stereocenters. The molecule has 1 aliphatic heterocycles. The first kappa shape index (κ1) is 16.8. The van der Waals surface area contributed by atoms with Gasteiger partial charge in [-0.15, -0.1) is 0 Å². The molecule has 4 nitrogen and oxygen atoms in total. The predicted octanol–water partition coefficient (Wildman–Crippen LogP) is 3.07. The lowest BCUT2D eigenvalue weighted by atomic mass is 9.88. The molecule has 0 aliphatic carbocycles. The molecule has 1 aliphatic rings. The monoisotopic (exact) mass is 305 g/mol. The quantitative estimate of drug-likeness (QED) is 0.777. The van der Waals surface area contributed by atoms with Crippen molar-refractivity contribution < 1.29 is 14.3 Å². The maximum Gasteiger partial charge on any atom is 0.260 e. The summed E-state index contributed by atoms with van der Waals surface area (Å²) in [6.45, 7) is 8.71. The second-order valence-electron chi connectivity index (χ2n) is 6.69. The first-order chi connectivity index (χ1) is 10.4. The number of hydrogen-bond acceptors (Lipinski definition) is 3. The smallest absolute Gasteiger partial charge is 0.260 e. The number of amides is 1. The summed E-state index contributed by atoms with van der Waals surface area (Å²) in [5, 5.41) is 0. The third-order valence-electron chi connectivity index (χ3n) is 4.36. The van der Waals surface area contributed by atoms with Crippen molar-refractivity contribution in [2.45, 2.75) is 33.1 Å². The minimum absolute atomic E-state index is 0.00656. The summed E-state index contributed by atoms with van der Waals surface area (Å²) in [5.74, 6) is 1.25. The van der Waals surface area contributed by atoms with Gasteiger partial charge in [0.1, 0.15) is 5.75 Å². The summed E-state index contributed by atoms with van der Waals surface area (Å²) in [6.07, 6.45) is 1.05. The van der Waals surface area contributed by atoms with Gasteiger partial charge in [0.05, 0.1) is 13.2 Å². The zero-order valence-corrected chi connectivity index (χ0v) is 14.1. The molecule has 1 saturated heterocycles. The highest BCUT2D eigenvalue weighted by molar-refractivity contribution is 5.77. The van der Waals surface area contributed by atoms with Gasteiger partial charge >= 0.3 is 0 Å². The number of carbonyl (C=O) groups is 1. The predicted molar refractivity (Wildman–Crippen MR) is 87.2 cm³/mol. The first-order valence-corrected chi connectivity index (χ1v) is 7.98. The van der Waals surface area contributed by atoms with Crippen LogP contribution in [0.2, 0.25) is 0 Å². The molecule has 1 amide bonds. The highest BCUT2D eigenvalue weighted by atomic mass is 16.5. The van der Waals surface area contributed by atoms with E-state index < -0.39 is 0 Å². The number of carbonyl (C=O) groups excluding carboxylic acids is 1. The van der Waals surface area contributed by atoms with Crippen LogP contribution >= 0.6 is 0 Å². The fourth-order valence-electron chi connectivity index (χ4n) is 2.69. The largest absolute Gasteiger partial charge is 0.483 e. The molecular weight excluding hydrogens is 278 g/mol. The van der Waals surface area contributed by atoms with Gasteiger partial charge in [0, 0.05) is 19.0 Å². The molecule has 4 heteroatoms. The van der Waals surface area contributed by atoms with Gasteiger partial charge < -0.3 is 14.4 Å². The normalized spacial score (nSPS) is 17.5. The van der Waals surface area contributed by atoms with Crippen molar-refractivity contribution in [3.05, 3.63) is 29.8 Å². The second-order valence-corrected chi connectivity index (χ2v) is 6.69. The number of ether oxygens (including phenoxy) is 2. The summed E-state index contributed by atoms with van der Waals surface area (Å²) in [5.41, 5.74) is 1.26. The maximum absolute atomic E-state index is 12.2. The van der Waals surface area contributed by atoms with E-state index in [2.05, 4.69) is 26.8 Å². The average Bonchev–Trinajstić information content (AvgIpc) is 2.50. The molecule has 0 spiro atoms. The lowest BCUT2D eigenvalue weighted by molar-refractivity contribution is -0.143. The minimum atomic E-state index is 0.00656. The van der Waals surface area contributed by atoms with Gasteiger partial charge in [-0.2, -0.15) is 0 Å². The lowest BCUT2D eigenvalue weighted by Gasteiger charge is -2.40. The molecule has 1 aromatic rings. The highest BCUT2D eigenvalue weighted by Gasteiger charge is 2.35. The SMILES string of the molecule is CC[C@H](C)c1ccccc1OCC(=O)N(C)CC1(C)COC1. The zero-order chi connectivity index (χ0) is 16.2. The van der Waals surface area contributed by atoms with Gasteiger partial charge in [0.2, 0.25) is 0 Å². The van der Waals surface area contributed by atoms with E-state index >= 15 is 0 Å². The van der Waals surface area contributed by atoms with E-state index in [-0.39, 0.29) is 17.9 Å². The second kappa shape index (κ2) is 7.14. The molecule has 0 bridgehead atoms. The number of hydrogen-bond donors (Lipinski definition) is 0. The molecule has 0 aromatic heterocycles. The van der Waals surface area contributed by atoms with Crippen molar-refractivity contribution in [3.63, 3.8) is 0 Å². The fourth-order valence-corrected chi connectivity index (χ4v) is 2.69. The molecule has 0 radical (unpaired) electrons. The Morgan fingerprint density at radius 2 is 2.09 bits per heavy atom. The molecular formula is C18H27NO3. The molecule has 1 fully saturated rings. The highest BCUT2D eigenvalue weighted by Crippen LogP contribution is 2.29. The third kappa shape index (κ3) is 4.01. The first-order valence-electron chi connectivity index (χ1n) is 7.98. The van der Waals surface area contributed by atoms with Crippen LogP contribution in [0, 0.1) is 5.41 Å². The third-order valence-corrected chi connectivity index (χ3v) is 4.36. The number of likely N-dealkylation sites (N-methyl/N-ethyl adjacent to an activating group) is 1. The Bertz CT molecular complexity index is 511. The van der Waals surface area contributed by atoms with E-state index in [0.29, 0.717) is 12.5 Å². The Morgan fingerprint density at radius 1 is 1.41 bits per heavy atom. The Kier molecular flexibility index (Phi) is 5.46. The summed E-state index contributed by atoms with van der Waals surface area (Å²) < 4.78 is 11.0. The van der Waals surface area contributed by atoms with Crippen molar-refractivity contribution in [1.29, 1.82) is 0 Å². The fraction of sp³-hybridized carbons (Fsp3) is 0.611. The van der Waals surface area contributed by atoms with Crippen molar-refractivity contribution in [1.82, 2.24) is 4.90 Å². The Labute approximate surface area is 133 Å². The van der Waals surface area contributed by atoms with Crippen LogP contribution in [-0.2, 0) is 9.53 Å². The van der Waals surface area contributed by atoms with Gasteiger partial charge in [-0.3, -0.25) is 4.79 Å². The van der Waals surface area contributed by atoms with Crippen LogP contribution < -0.4 is 4.74 Å². The molecule has 0 N–H and O–H groups in total. The molecule has 0 saturated carbocycles. The number of nitrogens with zero attached hydrogens (tertiary/aromatic N) is 1. The van der Waals surface area contributed by atoms with E-state index in [9.17, 15) is 4.79 Å². The van der Waals surface area contributed by atoms with Crippen molar-refractivity contribution >= 4 is 5.91 Å². The molecule has 2 rings (SSSR count). The molecule has 122 valence electrons. The maximum atomic E-state index is 12.2. The van der Waals surface area contributed by atoms with E-state index in [1.54, 1.807) is 4.90 Å². The van der Waals surface area contributed by atoms with E-state index in [4.69, 9.17) is 9.47 Å². The number of benzene rings is 1. The lowest BCUT2D eigenvalue weighted by Crippen LogP contribution is -2.49. The van der Waals surface area contributed by atoms with Crippen LogP contribution in [0.25, 0.3) is 0 Å². The van der Waals surface area contributed by atoms with Gasteiger partial charge in [-0.25, -0.2) is 0 Å². The Balaban J connectivity index is 1.90. The van der Waals surface area contributed by atoms with E-state index in [1.807, 2.05) is 25.2 Å². The van der Waals surface area contributed by atoms with E-state index in [0.717, 1.165) is 25.4 Å². The van der Waals surface area contributed by atoms with Crippen molar-refractivity contribution in [2.24, 2.45) is 5.41 Å². The summed E-state index contributed by atoms with van der Waals surface area (Å²) in [4.78, 5) is 14.0. The standard InChI is InChI=1S/C18H27NO3/c1-5-14(2)15-8-6-7-9-16(15)22-10-17(20)19(4)11-18(3)12-21-13-18/h6-9,14H,5,10-13H2,1-4H3/t14-/m0/s1. The van der Waals surface area contributed by atoms with Gasteiger partial charge in [-0.05, 0) is 24.0 Å². The van der Waals surface area contributed by atoms with Crippen LogP contribution in [0.15, 0.2) is 24.3 Å². The van der Waals surface area contributed by atoms with E-state index in [1.165, 1.54) is 5.56 Å². The van der Waals surface area contributed by atoms with Crippen LogP contribution in [-0.4, -0.2) is 44.2 Å². The Morgan fingerprint density at radius 3 is 2.68 bits per heavy atom. The molecule has 1 atom stereocenters. The minimum Gasteiger partial charge on any atom is -0.483 e.